The number of benzene rings is 1. The highest BCUT2D eigenvalue weighted by Gasteiger charge is 2.33. The SMILES string of the molecule is Cc1c(Cl)cccc1S(=O)(=O)NC(C)(CN)C(C)C. The highest BCUT2D eigenvalue weighted by Crippen LogP contribution is 2.25. The van der Waals surface area contributed by atoms with Gasteiger partial charge in [0.2, 0.25) is 10.0 Å². The summed E-state index contributed by atoms with van der Waals surface area (Å²) < 4.78 is 27.6. The number of sulfonamides is 1. The third kappa shape index (κ3) is 3.48. The van der Waals surface area contributed by atoms with Gasteiger partial charge in [0.1, 0.15) is 0 Å². The maximum absolute atomic E-state index is 12.5. The summed E-state index contributed by atoms with van der Waals surface area (Å²) in [6.07, 6.45) is 0. The normalized spacial score (nSPS) is 15.5. The topological polar surface area (TPSA) is 72.2 Å². The van der Waals surface area contributed by atoms with Crippen LogP contribution in [-0.4, -0.2) is 20.5 Å². The van der Waals surface area contributed by atoms with Crippen molar-refractivity contribution >= 4 is 21.6 Å². The number of nitrogens with two attached hydrogens (primary N) is 1. The monoisotopic (exact) mass is 304 g/mol. The Morgan fingerprint density at radius 1 is 1.42 bits per heavy atom. The maximum atomic E-state index is 12.5. The fraction of sp³-hybridized carbons (Fsp3) is 0.538. The largest absolute Gasteiger partial charge is 0.329 e. The van der Waals surface area contributed by atoms with E-state index in [9.17, 15) is 8.42 Å². The second-order valence-corrected chi connectivity index (χ2v) is 7.30. The van der Waals surface area contributed by atoms with Crippen molar-refractivity contribution in [1.82, 2.24) is 4.72 Å². The molecule has 0 radical (unpaired) electrons. The molecule has 1 aromatic rings. The fourth-order valence-electron chi connectivity index (χ4n) is 1.64. The summed E-state index contributed by atoms with van der Waals surface area (Å²) in [5.74, 6) is 0.0757. The first-order valence-corrected chi connectivity index (χ1v) is 7.99. The quantitative estimate of drug-likeness (QED) is 0.876. The van der Waals surface area contributed by atoms with Crippen LogP contribution in [0, 0.1) is 12.8 Å². The van der Waals surface area contributed by atoms with Gasteiger partial charge in [0.15, 0.2) is 0 Å². The van der Waals surface area contributed by atoms with Gasteiger partial charge in [-0.1, -0.05) is 31.5 Å². The molecule has 0 bridgehead atoms. The summed E-state index contributed by atoms with van der Waals surface area (Å²) in [5, 5.41) is 0.432. The van der Waals surface area contributed by atoms with Crippen molar-refractivity contribution in [3.05, 3.63) is 28.8 Å². The number of hydrogen-bond acceptors (Lipinski definition) is 3. The lowest BCUT2D eigenvalue weighted by Crippen LogP contribution is -2.54. The average Bonchev–Trinajstić information content (AvgIpc) is 2.31. The molecule has 0 heterocycles. The molecule has 108 valence electrons. The fourth-order valence-corrected chi connectivity index (χ4v) is 3.68. The predicted molar refractivity (Wildman–Crippen MR) is 78.8 cm³/mol. The van der Waals surface area contributed by atoms with Gasteiger partial charge in [-0.3, -0.25) is 0 Å². The summed E-state index contributed by atoms with van der Waals surface area (Å²) in [5.41, 5.74) is 5.56. The van der Waals surface area contributed by atoms with Crippen molar-refractivity contribution < 1.29 is 8.42 Å². The molecule has 1 atom stereocenters. The molecule has 4 nitrogen and oxygen atoms in total. The number of rotatable bonds is 5. The zero-order valence-electron chi connectivity index (χ0n) is 11.7. The molecule has 0 fully saturated rings. The predicted octanol–water partition coefficient (Wildman–Crippen LogP) is 2.30. The average molecular weight is 305 g/mol. The van der Waals surface area contributed by atoms with Crippen molar-refractivity contribution in [2.75, 3.05) is 6.54 Å². The number of nitrogens with one attached hydrogen (secondary N) is 1. The zero-order valence-corrected chi connectivity index (χ0v) is 13.3. The summed E-state index contributed by atoms with van der Waals surface area (Å²) in [7, 11) is -3.64. The summed E-state index contributed by atoms with van der Waals surface area (Å²) in [6.45, 7) is 7.57. The van der Waals surface area contributed by atoms with E-state index in [0.717, 1.165) is 0 Å². The van der Waals surface area contributed by atoms with E-state index in [-0.39, 0.29) is 17.4 Å². The molecule has 1 rings (SSSR count). The maximum Gasteiger partial charge on any atom is 0.241 e. The third-order valence-electron chi connectivity index (χ3n) is 3.57. The molecule has 0 saturated carbocycles. The van der Waals surface area contributed by atoms with E-state index in [4.69, 9.17) is 17.3 Å². The molecule has 0 saturated heterocycles. The molecule has 19 heavy (non-hydrogen) atoms. The standard InChI is InChI=1S/C13H21ClN2O2S/c1-9(2)13(4,8-15)16-19(17,18)12-7-5-6-11(14)10(12)3/h5-7,9,16H,8,15H2,1-4H3. The van der Waals surface area contributed by atoms with Crippen LogP contribution in [0.5, 0.6) is 0 Å². The van der Waals surface area contributed by atoms with Gasteiger partial charge in [-0.2, -0.15) is 0 Å². The first-order valence-electron chi connectivity index (χ1n) is 6.13. The van der Waals surface area contributed by atoms with Crippen LogP contribution in [0.4, 0.5) is 0 Å². The molecule has 0 aliphatic rings. The Morgan fingerprint density at radius 2 is 2.00 bits per heavy atom. The van der Waals surface area contributed by atoms with Crippen LogP contribution in [-0.2, 0) is 10.0 Å². The highest BCUT2D eigenvalue weighted by molar-refractivity contribution is 7.89. The lowest BCUT2D eigenvalue weighted by Gasteiger charge is -2.33. The molecule has 1 unspecified atom stereocenters. The minimum absolute atomic E-state index is 0.0757. The minimum atomic E-state index is -3.64. The van der Waals surface area contributed by atoms with Crippen LogP contribution >= 0.6 is 11.6 Å². The van der Waals surface area contributed by atoms with E-state index in [1.807, 2.05) is 13.8 Å². The summed E-state index contributed by atoms with van der Waals surface area (Å²) >= 11 is 5.97. The van der Waals surface area contributed by atoms with Gasteiger partial charge < -0.3 is 5.73 Å². The van der Waals surface area contributed by atoms with Crippen molar-refractivity contribution in [3.8, 4) is 0 Å². The van der Waals surface area contributed by atoms with Crippen molar-refractivity contribution in [2.45, 2.75) is 38.1 Å². The Bertz CT molecular complexity index is 558. The van der Waals surface area contributed by atoms with Gasteiger partial charge in [-0.25, -0.2) is 13.1 Å². The first kappa shape index (κ1) is 16.4. The Morgan fingerprint density at radius 3 is 2.47 bits per heavy atom. The molecule has 3 N–H and O–H groups in total. The summed E-state index contributed by atoms with van der Waals surface area (Å²) in [6, 6.07) is 4.83. The van der Waals surface area contributed by atoms with Crippen LogP contribution < -0.4 is 10.5 Å². The van der Waals surface area contributed by atoms with Gasteiger partial charge >= 0.3 is 0 Å². The molecule has 1 aromatic carbocycles. The van der Waals surface area contributed by atoms with Gasteiger partial charge in [-0.15, -0.1) is 0 Å². The number of hydrogen-bond donors (Lipinski definition) is 2. The lowest BCUT2D eigenvalue weighted by atomic mass is 9.90. The van der Waals surface area contributed by atoms with Gasteiger partial charge in [0.25, 0.3) is 0 Å². The van der Waals surface area contributed by atoms with Crippen LogP contribution in [0.3, 0.4) is 0 Å². The molecule has 0 amide bonds. The number of halogens is 1. The van der Waals surface area contributed by atoms with Crippen LogP contribution in [0.1, 0.15) is 26.3 Å². The lowest BCUT2D eigenvalue weighted by molar-refractivity contribution is 0.315. The zero-order chi connectivity index (χ0) is 14.8. The third-order valence-corrected chi connectivity index (χ3v) is 5.74. The molecule has 6 heteroatoms. The van der Waals surface area contributed by atoms with E-state index >= 15 is 0 Å². The van der Waals surface area contributed by atoms with E-state index in [1.54, 1.807) is 32.0 Å². The van der Waals surface area contributed by atoms with Crippen LogP contribution in [0.25, 0.3) is 0 Å². The molecule has 0 spiro atoms. The molecular formula is C13H21ClN2O2S. The Balaban J connectivity index is 3.22. The van der Waals surface area contributed by atoms with E-state index in [1.165, 1.54) is 0 Å². The Kier molecular flexibility index (Phi) is 5.01. The van der Waals surface area contributed by atoms with Gasteiger partial charge in [0.05, 0.1) is 4.90 Å². The van der Waals surface area contributed by atoms with Crippen molar-refractivity contribution in [3.63, 3.8) is 0 Å². The molecule has 0 aliphatic heterocycles. The van der Waals surface area contributed by atoms with E-state index in [0.29, 0.717) is 10.6 Å². The van der Waals surface area contributed by atoms with Gasteiger partial charge in [-0.05, 0) is 37.5 Å². The van der Waals surface area contributed by atoms with Crippen LogP contribution in [0.15, 0.2) is 23.1 Å². The Labute approximate surface area is 120 Å². The second kappa shape index (κ2) is 5.79. The van der Waals surface area contributed by atoms with Crippen molar-refractivity contribution in [2.24, 2.45) is 11.7 Å². The Hall–Kier alpha value is -0.620. The van der Waals surface area contributed by atoms with E-state index < -0.39 is 15.6 Å². The molecule has 0 aromatic heterocycles. The minimum Gasteiger partial charge on any atom is -0.329 e. The highest BCUT2D eigenvalue weighted by atomic mass is 35.5. The molecular weight excluding hydrogens is 284 g/mol. The van der Waals surface area contributed by atoms with E-state index in [2.05, 4.69) is 4.72 Å². The van der Waals surface area contributed by atoms with Crippen molar-refractivity contribution in [1.29, 1.82) is 0 Å². The second-order valence-electron chi connectivity index (χ2n) is 5.24. The smallest absolute Gasteiger partial charge is 0.241 e. The summed E-state index contributed by atoms with van der Waals surface area (Å²) in [4.78, 5) is 0.195. The molecule has 0 aliphatic carbocycles. The van der Waals surface area contributed by atoms with Gasteiger partial charge in [0, 0.05) is 17.1 Å². The van der Waals surface area contributed by atoms with Crippen LogP contribution in [0.2, 0.25) is 5.02 Å². The first-order chi connectivity index (χ1) is 8.64.